The SMILES string of the molecule is CCCCOc1ccc([Si](OC)(OC)C(C)C)cc1. The molecule has 3 nitrogen and oxygen atoms in total. The minimum absolute atomic E-state index is 0.356. The molecule has 0 aliphatic carbocycles. The molecule has 1 rings (SSSR count). The van der Waals surface area contributed by atoms with E-state index >= 15 is 0 Å². The molecule has 0 saturated carbocycles. The molecule has 1 aromatic rings. The van der Waals surface area contributed by atoms with Crippen LogP contribution in [0.1, 0.15) is 33.6 Å². The van der Waals surface area contributed by atoms with Crippen molar-refractivity contribution < 1.29 is 13.6 Å². The van der Waals surface area contributed by atoms with E-state index in [0.29, 0.717) is 5.54 Å². The first-order chi connectivity index (χ1) is 9.10. The Morgan fingerprint density at radius 1 is 1.05 bits per heavy atom. The van der Waals surface area contributed by atoms with Crippen molar-refractivity contribution in [1.29, 1.82) is 0 Å². The monoisotopic (exact) mass is 282 g/mol. The second-order valence-electron chi connectivity index (χ2n) is 4.96. The molecule has 0 atom stereocenters. The number of hydrogen-bond acceptors (Lipinski definition) is 3. The zero-order valence-corrected chi connectivity index (χ0v) is 13.7. The van der Waals surface area contributed by atoms with Gasteiger partial charge in [0.15, 0.2) is 0 Å². The molecule has 0 bridgehead atoms. The third-order valence-electron chi connectivity index (χ3n) is 3.39. The largest absolute Gasteiger partial charge is 0.494 e. The van der Waals surface area contributed by atoms with Crippen LogP contribution in [-0.4, -0.2) is 29.4 Å². The Labute approximate surface area is 118 Å². The maximum Gasteiger partial charge on any atom is 0.374 e. The van der Waals surface area contributed by atoms with Crippen LogP contribution in [0.5, 0.6) is 5.75 Å². The van der Waals surface area contributed by atoms with Crippen molar-refractivity contribution >= 4 is 13.7 Å². The second-order valence-corrected chi connectivity index (χ2v) is 8.84. The highest BCUT2D eigenvalue weighted by atomic mass is 28.4. The van der Waals surface area contributed by atoms with Crippen LogP contribution in [0.4, 0.5) is 0 Å². The van der Waals surface area contributed by atoms with E-state index in [9.17, 15) is 0 Å². The molecule has 0 amide bonds. The molecule has 19 heavy (non-hydrogen) atoms. The minimum Gasteiger partial charge on any atom is -0.494 e. The summed E-state index contributed by atoms with van der Waals surface area (Å²) < 4.78 is 17.2. The highest BCUT2D eigenvalue weighted by Crippen LogP contribution is 2.23. The fraction of sp³-hybridized carbons (Fsp3) is 0.600. The van der Waals surface area contributed by atoms with Gasteiger partial charge in [0.2, 0.25) is 0 Å². The van der Waals surface area contributed by atoms with Crippen LogP contribution in [0.25, 0.3) is 0 Å². The molecule has 4 heteroatoms. The molecule has 0 unspecified atom stereocenters. The summed E-state index contributed by atoms with van der Waals surface area (Å²) in [5.41, 5.74) is 0.356. The highest BCUT2D eigenvalue weighted by molar-refractivity contribution is 6.82. The Morgan fingerprint density at radius 3 is 2.05 bits per heavy atom. The van der Waals surface area contributed by atoms with Gasteiger partial charge in [-0.25, -0.2) is 0 Å². The summed E-state index contributed by atoms with van der Waals surface area (Å²) in [5, 5.41) is 1.15. The van der Waals surface area contributed by atoms with E-state index in [2.05, 4.69) is 32.9 Å². The zero-order valence-electron chi connectivity index (χ0n) is 12.7. The Hall–Kier alpha value is -0.843. The summed E-state index contributed by atoms with van der Waals surface area (Å²) in [6.07, 6.45) is 2.23. The lowest BCUT2D eigenvalue weighted by Crippen LogP contribution is -2.54. The first kappa shape index (κ1) is 16.2. The Morgan fingerprint density at radius 2 is 1.63 bits per heavy atom. The third-order valence-corrected chi connectivity index (χ3v) is 7.26. The van der Waals surface area contributed by atoms with Crippen LogP contribution < -0.4 is 9.92 Å². The van der Waals surface area contributed by atoms with Gasteiger partial charge in [0.1, 0.15) is 5.75 Å². The summed E-state index contributed by atoms with van der Waals surface area (Å²) in [6.45, 7) is 7.22. The number of unbranched alkanes of at least 4 members (excludes halogenated alkanes) is 1. The second kappa shape index (κ2) is 7.67. The molecule has 0 aliphatic heterocycles. The number of hydrogen-bond donors (Lipinski definition) is 0. The molecule has 0 fully saturated rings. The molecule has 0 aliphatic rings. The van der Waals surface area contributed by atoms with Crippen molar-refractivity contribution in [2.75, 3.05) is 20.8 Å². The lowest BCUT2D eigenvalue weighted by molar-refractivity contribution is 0.248. The molecule has 0 spiro atoms. The lowest BCUT2D eigenvalue weighted by atomic mass is 10.3. The van der Waals surface area contributed by atoms with Crippen LogP contribution in [-0.2, 0) is 8.85 Å². The highest BCUT2D eigenvalue weighted by Gasteiger charge is 2.41. The number of benzene rings is 1. The Bertz CT molecular complexity index is 358. The summed E-state index contributed by atoms with van der Waals surface area (Å²) in [7, 11) is 1.16. The van der Waals surface area contributed by atoms with Gasteiger partial charge in [-0.05, 0) is 23.7 Å². The summed E-state index contributed by atoms with van der Waals surface area (Å²) in [4.78, 5) is 0. The van der Waals surface area contributed by atoms with Gasteiger partial charge in [0.05, 0.1) is 6.61 Å². The van der Waals surface area contributed by atoms with E-state index in [4.69, 9.17) is 13.6 Å². The van der Waals surface area contributed by atoms with Crippen LogP contribution in [0.2, 0.25) is 5.54 Å². The van der Waals surface area contributed by atoms with Crippen LogP contribution >= 0.6 is 0 Å². The van der Waals surface area contributed by atoms with E-state index < -0.39 is 8.56 Å². The van der Waals surface area contributed by atoms with Gasteiger partial charge < -0.3 is 13.6 Å². The van der Waals surface area contributed by atoms with Crippen molar-refractivity contribution in [1.82, 2.24) is 0 Å². The molecule has 0 saturated heterocycles. The number of rotatable bonds is 8. The van der Waals surface area contributed by atoms with Crippen molar-refractivity contribution in [3.63, 3.8) is 0 Å². The van der Waals surface area contributed by atoms with Crippen molar-refractivity contribution in [2.24, 2.45) is 0 Å². The fourth-order valence-electron chi connectivity index (χ4n) is 2.24. The van der Waals surface area contributed by atoms with Crippen molar-refractivity contribution in [3.8, 4) is 5.75 Å². The topological polar surface area (TPSA) is 27.7 Å². The van der Waals surface area contributed by atoms with Crippen molar-refractivity contribution in [3.05, 3.63) is 24.3 Å². The van der Waals surface area contributed by atoms with Gasteiger partial charge in [0.25, 0.3) is 0 Å². The van der Waals surface area contributed by atoms with Gasteiger partial charge in [-0.1, -0.05) is 39.3 Å². The zero-order chi connectivity index (χ0) is 14.3. The molecule has 0 radical (unpaired) electrons. The maximum atomic E-state index is 5.75. The molecular weight excluding hydrogens is 256 g/mol. The predicted molar refractivity (Wildman–Crippen MR) is 81.3 cm³/mol. The molecule has 108 valence electrons. The third kappa shape index (κ3) is 3.81. The summed E-state index contributed by atoms with van der Waals surface area (Å²) in [6, 6.07) is 8.15. The fourth-order valence-corrected chi connectivity index (χ4v) is 5.12. The first-order valence-corrected chi connectivity index (χ1v) is 8.83. The van der Waals surface area contributed by atoms with E-state index in [1.54, 1.807) is 14.2 Å². The minimum atomic E-state index is -2.31. The van der Waals surface area contributed by atoms with Crippen LogP contribution in [0.15, 0.2) is 24.3 Å². The van der Waals surface area contributed by atoms with E-state index in [0.717, 1.165) is 30.4 Å². The van der Waals surface area contributed by atoms with Gasteiger partial charge in [-0.15, -0.1) is 0 Å². The standard InChI is InChI=1S/C15H26O3Si/c1-6-7-12-18-14-8-10-15(11-9-14)19(16-4,17-5)13(2)3/h8-11,13H,6-7,12H2,1-5H3. The van der Waals surface area contributed by atoms with Crippen LogP contribution in [0, 0.1) is 0 Å². The molecule has 0 N–H and O–H groups in total. The smallest absolute Gasteiger partial charge is 0.374 e. The summed E-state index contributed by atoms with van der Waals surface area (Å²) >= 11 is 0. The van der Waals surface area contributed by atoms with Gasteiger partial charge in [-0.3, -0.25) is 0 Å². The van der Waals surface area contributed by atoms with E-state index in [1.165, 1.54) is 0 Å². The summed E-state index contributed by atoms with van der Waals surface area (Å²) in [5.74, 6) is 0.913. The van der Waals surface area contributed by atoms with Crippen LogP contribution in [0.3, 0.4) is 0 Å². The van der Waals surface area contributed by atoms with Gasteiger partial charge in [-0.2, -0.15) is 0 Å². The average molecular weight is 282 g/mol. The van der Waals surface area contributed by atoms with Gasteiger partial charge in [0, 0.05) is 19.8 Å². The normalized spacial score (nSPS) is 11.9. The molecule has 1 aromatic carbocycles. The van der Waals surface area contributed by atoms with E-state index in [-0.39, 0.29) is 0 Å². The Balaban J connectivity index is 2.84. The van der Waals surface area contributed by atoms with E-state index in [1.807, 2.05) is 12.1 Å². The predicted octanol–water partition coefficient (Wildman–Crippen LogP) is 3.22. The number of ether oxygens (including phenoxy) is 1. The first-order valence-electron chi connectivity index (χ1n) is 6.94. The maximum absolute atomic E-state index is 5.75. The molecule has 0 heterocycles. The Kier molecular flexibility index (Phi) is 6.55. The molecular formula is C15H26O3Si. The van der Waals surface area contributed by atoms with Gasteiger partial charge >= 0.3 is 8.56 Å². The average Bonchev–Trinajstić information content (AvgIpc) is 2.42. The molecule has 0 aromatic heterocycles. The van der Waals surface area contributed by atoms with Crippen molar-refractivity contribution in [2.45, 2.75) is 39.2 Å². The quantitative estimate of drug-likeness (QED) is 0.541. The lowest BCUT2D eigenvalue weighted by Gasteiger charge is -2.31.